The molecule has 0 saturated carbocycles. The number of hydrogen-bond donors (Lipinski definition) is 1. The van der Waals surface area contributed by atoms with Gasteiger partial charge in [-0.15, -0.1) is 5.10 Å². The average molecular weight is 203 g/mol. The topological polar surface area (TPSA) is 50.9 Å². The van der Waals surface area contributed by atoms with Crippen LogP contribution in [0.25, 0.3) is 11.3 Å². The van der Waals surface area contributed by atoms with Crippen LogP contribution in [-0.4, -0.2) is 20.1 Å². The lowest BCUT2D eigenvalue weighted by Gasteiger charge is -2.04. The molecular formula is C11H13N3O. The Labute approximate surface area is 88.2 Å². The first-order valence-electron chi connectivity index (χ1n) is 4.95. The molecule has 0 spiro atoms. The van der Waals surface area contributed by atoms with Crippen LogP contribution in [0.5, 0.6) is 0 Å². The third kappa shape index (κ3) is 1.76. The Hall–Kier alpha value is -1.68. The quantitative estimate of drug-likeness (QED) is 0.821. The molecular weight excluding hydrogens is 190 g/mol. The summed E-state index contributed by atoms with van der Waals surface area (Å²) in [6.45, 7) is 2.67. The van der Waals surface area contributed by atoms with Gasteiger partial charge in [-0.05, 0) is 6.92 Å². The van der Waals surface area contributed by atoms with E-state index in [9.17, 15) is 5.11 Å². The highest BCUT2D eigenvalue weighted by Crippen LogP contribution is 2.21. The molecule has 1 aromatic heterocycles. The highest BCUT2D eigenvalue weighted by Gasteiger charge is 2.12. The summed E-state index contributed by atoms with van der Waals surface area (Å²) in [7, 11) is 0. The number of rotatable bonds is 3. The van der Waals surface area contributed by atoms with Crippen molar-refractivity contribution in [1.29, 1.82) is 0 Å². The minimum absolute atomic E-state index is 0.0791. The molecule has 78 valence electrons. The van der Waals surface area contributed by atoms with Crippen LogP contribution in [0.15, 0.2) is 30.3 Å². The first-order chi connectivity index (χ1) is 7.36. The smallest absolute Gasteiger partial charge is 0.116 e. The number of aromatic nitrogens is 3. The van der Waals surface area contributed by atoms with Crippen LogP contribution in [0.4, 0.5) is 0 Å². The second-order valence-corrected chi connectivity index (χ2v) is 3.22. The van der Waals surface area contributed by atoms with Crippen LogP contribution < -0.4 is 0 Å². The summed E-state index contributed by atoms with van der Waals surface area (Å²) in [5, 5.41) is 17.1. The maximum absolute atomic E-state index is 9.17. The molecule has 4 heteroatoms. The summed E-state index contributed by atoms with van der Waals surface area (Å²) in [4.78, 5) is 0. The molecule has 0 aliphatic carbocycles. The maximum atomic E-state index is 9.17. The van der Waals surface area contributed by atoms with Crippen LogP contribution in [-0.2, 0) is 13.2 Å². The van der Waals surface area contributed by atoms with Gasteiger partial charge in [0.1, 0.15) is 5.69 Å². The highest BCUT2D eigenvalue weighted by atomic mass is 16.3. The molecule has 2 rings (SSSR count). The van der Waals surface area contributed by atoms with Crippen molar-refractivity contribution in [2.24, 2.45) is 0 Å². The fourth-order valence-corrected chi connectivity index (χ4v) is 1.59. The molecule has 15 heavy (non-hydrogen) atoms. The Morgan fingerprint density at radius 3 is 2.60 bits per heavy atom. The van der Waals surface area contributed by atoms with E-state index in [1.165, 1.54) is 0 Å². The Morgan fingerprint density at radius 2 is 2.00 bits per heavy atom. The van der Waals surface area contributed by atoms with E-state index in [1.54, 1.807) is 4.68 Å². The second-order valence-electron chi connectivity index (χ2n) is 3.22. The SMILES string of the molecule is CCn1nnc(CO)c1-c1ccccc1. The van der Waals surface area contributed by atoms with E-state index in [1.807, 2.05) is 37.3 Å². The van der Waals surface area contributed by atoms with Gasteiger partial charge in [-0.1, -0.05) is 35.5 Å². The van der Waals surface area contributed by atoms with Crippen molar-refractivity contribution in [2.45, 2.75) is 20.1 Å². The van der Waals surface area contributed by atoms with Gasteiger partial charge in [-0.2, -0.15) is 0 Å². The van der Waals surface area contributed by atoms with E-state index < -0.39 is 0 Å². The van der Waals surface area contributed by atoms with Crippen LogP contribution in [0, 0.1) is 0 Å². The first-order valence-corrected chi connectivity index (χ1v) is 4.95. The molecule has 0 unspecified atom stereocenters. The molecule has 0 fully saturated rings. The van der Waals surface area contributed by atoms with Crippen molar-refractivity contribution in [1.82, 2.24) is 15.0 Å². The van der Waals surface area contributed by atoms with Crippen LogP contribution in [0.3, 0.4) is 0 Å². The second kappa shape index (κ2) is 4.23. The van der Waals surface area contributed by atoms with Gasteiger partial charge in [-0.25, -0.2) is 4.68 Å². The van der Waals surface area contributed by atoms with Gasteiger partial charge >= 0.3 is 0 Å². The molecule has 4 nitrogen and oxygen atoms in total. The zero-order valence-corrected chi connectivity index (χ0v) is 8.59. The van der Waals surface area contributed by atoms with Gasteiger partial charge in [0.05, 0.1) is 12.3 Å². The number of hydrogen-bond acceptors (Lipinski definition) is 3. The Morgan fingerprint density at radius 1 is 1.27 bits per heavy atom. The van der Waals surface area contributed by atoms with Crippen molar-refractivity contribution in [3.05, 3.63) is 36.0 Å². The fraction of sp³-hybridized carbons (Fsp3) is 0.273. The van der Waals surface area contributed by atoms with Crippen molar-refractivity contribution < 1.29 is 5.11 Å². The number of benzene rings is 1. The number of aliphatic hydroxyl groups is 1. The number of aliphatic hydroxyl groups excluding tert-OH is 1. The summed E-state index contributed by atoms with van der Waals surface area (Å²) in [6, 6.07) is 9.86. The molecule has 1 N–H and O–H groups in total. The maximum Gasteiger partial charge on any atom is 0.116 e. The van der Waals surface area contributed by atoms with Gasteiger partial charge in [-0.3, -0.25) is 0 Å². The molecule has 0 aliphatic rings. The largest absolute Gasteiger partial charge is 0.390 e. The van der Waals surface area contributed by atoms with Crippen LogP contribution in [0.2, 0.25) is 0 Å². The molecule has 2 aromatic rings. The number of aryl methyl sites for hydroxylation is 1. The lowest BCUT2D eigenvalue weighted by molar-refractivity contribution is 0.277. The van der Waals surface area contributed by atoms with E-state index in [2.05, 4.69) is 10.3 Å². The molecule has 0 aliphatic heterocycles. The normalized spacial score (nSPS) is 10.5. The van der Waals surface area contributed by atoms with Gasteiger partial charge < -0.3 is 5.11 Å². The summed E-state index contributed by atoms with van der Waals surface area (Å²) >= 11 is 0. The van der Waals surface area contributed by atoms with Gasteiger partial charge in [0.2, 0.25) is 0 Å². The predicted octanol–water partition coefficient (Wildman–Crippen LogP) is 1.46. The van der Waals surface area contributed by atoms with E-state index in [0.717, 1.165) is 17.8 Å². The van der Waals surface area contributed by atoms with E-state index >= 15 is 0 Å². The standard InChI is InChI=1S/C11H13N3O/c1-2-14-11(10(8-15)12-13-14)9-6-4-3-5-7-9/h3-7,15H,2,8H2,1H3. The average Bonchev–Trinajstić information content (AvgIpc) is 2.72. The molecule has 1 aromatic carbocycles. The predicted molar refractivity (Wildman–Crippen MR) is 57.1 cm³/mol. The third-order valence-corrected chi connectivity index (χ3v) is 2.30. The van der Waals surface area contributed by atoms with Crippen molar-refractivity contribution >= 4 is 0 Å². The van der Waals surface area contributed by atoms with Crippen molar-refractivity contribution in [3.8, 4) is 11.3 Å². The summed E-state index contributed by atoms with van der Waals surface area (Å²) < 4.78 is 1.79. The summed E-state index contributed by atoms with van der Waals surface area (Å²) in [5.74, 6) is 0. The van der Waals surface area contributed by atoms with Crippen LogP contribution >= 0.6 is 0 Å². The Balaban J connectivity index is 2.55. The van der Waals surface area contributed by atoms with E-state index in [-0.39, 0.29) is 6.61 Å². The van der Waals surface area contributed by atoms with E-state index in [4.69, 9.17) is 0 Å². The first kappa shape index (κ1) is 9.86. The van der Waals surface area contributed by atoms with Crippen LogP contribution in [0.1, 0.15) is 12.6 Å². The van der Waals surface area contributed by atoms with Gasteiger partial charge in [0.15, 0.2) is 0 Å². The van der Waals surface area contributed by atoms with Crippen molar-refractivity contribution in [3.63, 3.8) is 0 Å². The zero-order valence-electron chi connectivity index (χ0n) is 8.59. The third-order valence-electron chi connectivity index (χ3n) is 2.30. The monoisotopic (exact) mass is 203 g/mol. The lowest BCUT2D eigenvalue weighted by atomic mass is 10.1. The number of nitrogens with zero attached hydrogens (tertiary/aromatic N) is 3. The highest BCUT2D eigenvalue weighted by molar-refractivity contribution is 5.61. The van der Waals surface area contributed by atoms with Crippen molar-refractivity contribution in [2.75, 3.05) is 0 Å². The zero-order chi connectivity index (χ0) is 10.7. The molecule has 0 amide bonds. The lowest BCUT2D eigenvalue weighted by Crippen LogP contribution is -2.00. The Kier molecular flexibility index (Phi) is 2.78. The Bertz CT molecular complexity index is 415. The van der Waals surface area contributed by atoms with E-state index in [0.29, 0.717) is 5.69 Å². The molecule has 0 saturated heterocycles. The minimum Gasteiger partial charge on any atom is -0.390 e. The molecule has 0 bridgehead atoms. The fourth-order valence-electron chi connectivity index (χ4n) is 1.59. The summed E-state index contributed by atoms with van der Waals surface area (Å²) in [6.07, 6.45) is 0. The minimum atomic E-state index is -0.0791. The molecule has 0 radical (unpaired) electrons. The van der Waals surface area contributed by atoms with Gasteiger partial charge in [0.25, 0.3) is 0 Å². The van der Waals surface area contributed by atoms with Gasteiger partial charge in [0, 0.05) is 12.1 Å². The molecule has 0 atom stereocenters. The summed E-state index contributed by atoms with van der Waals surface area (Å²) in [5.41, 5.74) is 2.57. The molecule has 1 heterocycles.